The normalized spacial score (nSPS) is 10.1. The predicted octanol–water partition coefficient (Wildman–Crippen LogP) is 2.90. The van der Waals surface area contributed by atoms with Crippen molar-refractivity contribution >= 4 is 5.69 Å². The van der Waals surface area contributed by atoms with Crippen LogP contribution in [0.5, 0.6) is 0 Å². The van der Waals surface area contributed by atoms with Crippen molar-refractivity contribution in [3.63, 3.8) is 0 Å². The minimum absolute atomic E-state index is 0.0327. The highest BCUT2D eigenvalue weighted by atomic mass is 19.1. The van der Waals surface area contributed by atoms with Crippen molar-refractivity contribution in [2.24, 2.45) is 0 Å². The molecule has 0 heterocycles. The van der Waals surface area contributed by atoms with E-state index in [-0.39, 0.29) is 24.3 Å². The Labute approximate surface area is 120 Å². The molecular formula is C15H12FN3O2. The quantitative estimate of drug-likeness (QED) is 0.676. The van der Waals surface area contributed by atoms with E-state index in [1.54, 1.807) is 18.2 Å². The largest absolute Gasteiger partial charge is 0.308 e. The van der Waals surface area contributed by atoms with Crippen molar-refractivity contribution < 1.29 is 9.31 Å². The van der Waals surface area contributed by atoms with E-state index in [4.69, 9.17) is 5.26 Å². The van der Waals surface area contributed by atoms with Gasteiger partial charge in [-0.3, -0.25) is 10.1 Å². The lowest BCUT2D eigenvalue weighted by Gasteiger charge is -2.07. The summed E-state index contributed by atoms with van der Waals surface area (Å²) in [4.78, 5) is 10.4. The molecule has 21 heavy (non-hydrogen) atoms. The molecule has 0 fully saturated rings. The Balaban J connectivity index is 2.02. The summed E-state index contributed by atoms with van der Waals surface area (Å²) in [5.41, 5.74) is 1.24. The Morgan fingerprint density at radius 2 is 1.90 bits per heavy atom. The number of rotatable bonds is 5. The maximum absolute atomic E-state index is 13.7. The van der Waals surface area contributed by atoms with Crippen molar-refractivity contribution in [1.29, 1.82) is 5.26 Å². The summed E-state index contributed by atoms with van der Waals surface area (Å²) in [7, 11) is 0. The molecule has 0 amide bonds. The Bertz CT molecular complexity index is 710. The third-order valence-electron chi connectivity index (χ3n) is 3.00. The van der Waals surface area contributed by atoms with Crippen molar-refractivity contribution in [3.8, 4) is 6.07 Å². The fourth-order valence-corrected chi connectivity index (χ4v) is 1.93. The molecule has 2 aromatic rings. The topological polar surface area (TPSA) is 79.0 Å². The van der Waals surface area contributed by atoms with Crippen LogP contribution in [-0.4, -0.2) is 4.92 Å². The first-order valence-corrected chi connectivity index (χ1v) is 6.23. The van der Waals surface area contributed by atoms with Crippen LogP contribution in [0.25, 0.3) is 0 Å². The van der Waals surface area contributed by atoms with E-state index >= 15 is 0 Å². The zero-order chi connectivity index (χ0) is 15.2. The molecule has 1 N–H and O–H groups in total. The number of benzene rings is 2. The zero-order valence-corrected chi connectivity index (χ0v) is 11.0. The van der Waals surface area contributed by atoms with Crippen molar-refractivity contribution in [2.75, 3.05) is 0 Å². The average molecular weight is 285 g/mol. The van der Waals surface area contributed by atoms with E-state index in [1.807, 2.05) is 6.07 Å². The third-order valence-corrected chi connectivity index (χ3v) is 3.00. The first kappa shape index (κ1) is 14.6. The minimum Gasteiger partial charge on any atom is -0.308 e. The number of para-hydroxylation sites is 1. The Hall–Kier alpha value is -2.78. The lowest BCUT2D eigenvalue weighted by Crippen LogP contribution is -2.14. The Morgan fingerprint density at radius 3 is 2.57 bits per heavy atom. The smallest absolute Gasteiger partial charge is 0.273 e. The van der Waals surface area contributed by atoms with E-state index in [0.717, 1.165) is 0 Å². The average Bonchev–Trinajstić information content (AvgIpc) is 2.49. The lowest BCUT2D eigenvalue weighted by molar-refractivity contribution is -0.385. The van der Waals surface area contributed by atoms with Crippen LogP contribution in [0.1, 0.15) is 16.7 Å². The molecule has 0 aliphatic rings. The SMILES string of the molecule is N#Cc1ccc(CNCc2ccccc2[N+](=O)[O-])c(F)c1. The zero-order valence-electron chi connectivity index (χ0n) is 11.0. The summed E-state index contributed by atoms with van der Waals surface area (Å²) >= 11 is 0. The molecule has 0 atom stereocenters. The van der Waals surface area contributed by atoms with Gasteiger partial charge in [-0.05, 0) is 12.1 Å². The molecule has 5 nitrogen and oxygen atoms in total. The fourth-order valence-electron chi connectivity index (χ4n) is 1.93. The number of hydrogen-bond donors (Lipinski definition) is 1. The highest BCUT2D eigenvalue weighted by Crippen LogP contribution is 2.17. The van der Waals surface area contributed by atoms with Crippen LogP contribution in [0.2, 0.25) is 0 Å². The second-order valence-electron chi connectivity index (χ2n) is 4.41. The van der Waals surface area contributed by atoms with Crippen molar-refractivity contribution in [2.45, 2.75) is 13.1 Å². The second kappa shape index (κ2) is 6.59. The van der Waals surface area contributed by atoms with Crippen LogP contribution in [0.3, 0.4) is 0 Å². The maximum Gasteiger partial charge on any atom is 0.273 e. The van der Waals surface area contributed by atoms with Crippen molar-refractivity contribution in [3.05, 3.63) is 75.1 Å². The van der Waals surface area contributed by atoms with Crippen molar-refractivity contribution in [1.82, 2.24) is 5.32 Å². The molecule has 0 unspecified atom stereocenters. The number of hydrogen-bond acceptors (Lipinski definition) is 4. The third kappa shape index (κ3) is 3.61. The van der Waals surface area contributed by atoms with E-state index in [2.05, 4.69) is 5.32 Å². The summed E-state index contributed by atoms with van der Waals surface area (Å²) in [5.74, 6) is -0.468. The minimum atomic E-state index is -0.468. The molecule has 0 saturated carbocycles. The van der Waals surface area contributed by atoms with Gasteiger partial charge in [-0.15, -0.1) is 0 Å². The van der Waals surface area contributed by atoms with E-state index in [9.17, 15) is 14.5 Å². The number of nitriles is 1. The van der Waals surface area contributed by atoms with Crippen LogP contribution in [-0.2, 0) is 13.1 Å². The highest BCUT2D eigenvalue weighted by Gasteiger charge is 2.11. The van der Waals surface area contributed by atoms with Crippen LogP contribution in [0.15, 0.2) is 42.5 Å². The second-order valence-corrected chi connectivity index (χ2v) is 4.41. The Morgan fingerprint density at radius 1 is 1.19 bits per heavy atom. The molecular weight excluding hydrogens is 273 g/mol. The van der Waals surface area contributed by atoms with Crippen LogP contribution >= 0.6 is 0 Å². The lowest BCUT2D eigenvalue weighted by atomic mass is 10.1. The molecule has 0 aromatic heterocycles. The first-order valence-electron chi connectivity index (χ1n) is 6.23. The molecule has 0 aliphatic carbocycles. The van der Waals surface area contributed by atoms with Crippen LogP contribution in [0.4, 0.5) is 10.1 Å². The number of halogens is 1. The summed E-state index contributed by atoms with van der Waals surface area (Å²) in [6.07, 6.45) is 0. The molecule has 0 aliphatic heterocycles. The fraction of sp³-hybridized carbons (Fsp3) is 0.133. The van der Waals surface area contributed by atoms with Gasteiger partial charge in [0.2, 0.25) is 0 Å². The van der Waals surface area contributed by atoms with E-state index < -0.39 is 10.7 Å². The number of nitrogens with zero attached hydrogens (tertiary/aromatic N) is 2. The maximum atomic E-state index is 13.7. The number of nitrogens with one attached hydrogen (secondary N) is 1. The van der Waals surface area contributed by atoms with Gasteiger partial charge >= 0.3 is 0 Å². The monoisotopic (exact) mass is 285 g/mol. The standard InChI is InChI=1S/C15H12FN3O2/c16-14-7-11(8-17)5-6-12(14)9-18-10-13-3-1-2-4-15(13)19(20)21/h1-7,18H,9-10H2. The molecule has 2 rings (SSSR count). The first-order chi connectivity index (χ1) is 10.1. The molecule has 106 valence electrons. The molecule has 0 saturated heterocycles. The van der Waals surface area contributed by atoms with E-state index in [0.29, 0.717) is 11.1 Å². The number of nitro benzene ring substituents is 1. The van der Waals surface area contributed by atoms with Gasteiger partial charge < -0.3 is 5.32 Å². The van der Waals surface area contributed by atoms with Gasteiger partial charge in [-0.2, -0.15) is 5.26 Å². The highest BCUT2D eigenvalue weighted by molar-refractivity contribution is 5.39. The van der Waals surface area contributed by atoms with Gasteiger partial charge in [0.15, 0.2) is 0 Å². The van der Waals surface area contributed by atoms with Gasteiger partial charge in [0.1, 0.15) is 5.82 Å². The van der Waals surface area contributed by atoms with E-state index in [1.165, 1.54) is 24.3 Å². The summed E-state index contributed by atoms with van der Waals surface area (Å²) in [5, 5.41) is 22.5. The molecule has 2 aromatic carbocycles. The summed E-state index contributed by atoms with van der Waals surface area (Å²) in [6.45, 7) is 0.486. The predicted molar refractivity (Wildman–Crippen MR) is 74.8 cm³/mol. The molecule has 6 heteroatoms. The van der Waals surface area contributed by atoms with Crippen LogP contribution in [0, 0.1) is 27.3 Å². The van der Waals surface area contributed by atoms with Gasteiger partial charge in [0, 0.05) is 30.3 Å². The van der Waals surface area contributed by atoms with Gasteiger partial charge in [-0.25, -0.2) is 4.39 Å². The Kier molecular flexibility index (Phi) is 4.59. The molecule has 0 spiro atoms. The molecule has 0 radical (unpaired) electrons. The van der Waals surface area contributed by atoms with Gasteiger partial charge in [0.25, 0.3) is 5.69 Å². The van der Waals surface area contributed by atoms with Gasteiger partial charge in [0.05, 0.1) is 16.6 Å². The summed E-state index contributed by atoms with van der Waals surface area (Å²) < 4.78 is 13.7. The van der Waals surface area contributed by atoms with Crippen LogP contribution < -0.4 is 5.32 Å². The molecule has 0 bridgehead atoms. The van der Waals surface area contributed by atoms with Gasteiger partial charge in [-0.1, -0.05) is 24.3 Å². The number of nitro groups is 1. The summed E-state index contributed by atoms with van der Waals surface area (Å²) in [6, 6.07) is 12.5.